The summed E-state index contributed by atoms with van der Waals surface area (Å²) in [5.41, 5.74) is 0. The van der Waals surface area contributed by atoms with Crippen molar-refractivity contribution in [1.82, 2.24) is 4.90 Å². The van der Waals surface area contributed by atoms with Crippen LogP contribution in [0.1, 0.15) is 0 Å². The first-order valence-corrected chi connectivity index (χ1v) is 4.53. The topological polar surface area (TPSA) is 49.9 Å². The summed E-state index contributed by atoms with van der Waals surface area (Å²) in [6, 6.07) is 0. The molecule has 3 fully saturated rings. The standard InChI is InChI=1S/C9H11NO3/c1-10(2)9(12)5-3-4(5)7-8(13-7)6(3)11/h3-5,7-8H,1-2H3/t3-,4+,5+,7+,8-/m0/s1. The van der Waals surface area contributed by atoms with Gasteiger partial charge in [-0.2, -0.15) is 0 Å². The summed E-state index contributed by atoms with van der Waals surface area (Å²) < 4.78 is 5.16. The predicted molar refractivity (Wildman–Crippen MR) is 42.8 cm³/mol. The van der Waals surface area contributed by atoms with Gasteiger partial charge in [0, 0.05) is 25.9 Å². The van der Waals surface area contributed by atoms with Crippen LogP contribution in [0.25, 0.3) is 0 Å². The molecule has 3 aliphatic rings. The van der Waals surface area contributed by atoms with E-state index in [0.29, 0.717) is 0 Å². The second-order valence-electron chi connectivity index (χ2n) is 4.29. The number of carbonyl (C=O) groups excluding carboxylic acids is 2. The van der Waals surface area contributed by atoms with Crippen LogP contribution in [0.3, 0.4) is 0 Å². The molecule has 5 atom stereocenters. The number of rotatable bonds is 1. The molecule has 1 heterocycles. The number of hydrogen-bond donors (Lipinski definition) is 0. The Hall–Kier alpha value is -0.900. The van der Waals surface area contributed by atoms with E-state index in [2.05, 4.69) is 0 Å². The van der Waals surface area contributed by atoms with Crippen LogP contribution in [0, 0.1) is 17.8 Å². The van der Waals surface area contributed by atoms with Gasteiger partial charge in [0.05, 0.1) is 12.0 Å². The molecule has 4 heteroatoms. The predicted octanol–water partition coefficient (Wildman–Crippen LogP) is -0.713. The van der Waals surface area contributed by atoms with Crippen LogP contribution in [0.2, 0.25) is 0 Å². The van der Waals surface area contributed by atoms with E-state index in [9.17, 15) is 9.59 Å². The van der Waals surface area contributed by atoms with Gasteiger partial charge < -0.3 is 9.64 Å². The van der Waals surface area contributed by atoms with Crippen LogP contribution < -0.4 is 0 Å². The fourth-order valence-corrected chi connectivity index (χ4v) is 2.56. The Morgan fingerprint density at radius 1 is 1.46 bits per heavy atom. The Balaban J connectivity index is 1.79. The van der Waals surface area contributed by atoms with E-state index in [1.165, 1.54) is 0 Å². The number of carbonyl (C=O) groups is 2. The zero-order valence-electron chi connectivity index (χ0n) is 7.56. The van der Waals surface area contributed by atoms with Gasteiger partial charge in [-0.25, -0.2) is 0 Å². The van der Waals surface area contributed by atoms with Crippen LogP contribution in [-0.2, 0) is 14.3 Å². The highest BCUT2D eigenvalue weighted by Crippen LogP contribution is 2.63. The third-order valence-electron chi connectivity index (χ3n) is 3.32. The third-order valence-corrected chi connectivity index (χ3v) is 3.32. The normalized spacial score (nSPS) is 49.7. The summed E-state index contributed by atoms with van der Waals surface area (Å²) in [5, 5.41) is 0. The van der Waals surface area contributed by atoms with Crippen LogP contribution in [0.15, 0.2) is 0 Å². The maximum atomic E-state index is 11.5. The van der Waals surface area contributed by atoms with Gasteiger partial charge >= 0.3 is 0 Å². The molecule has 70 valence electrons. The van der Waals surface area contributed by atoms with Crippen molar-refractivity contribution in [3.05, 3.63) is 0 Å². The fourth-order valence-electron chi connectivity index (χ4n) is 2.56. The van der Waals surface area contributed by atoms with E-state index in [1.807, 2.05) is 0 Å². The molecule has 0 aromatic carbocycles. The second kappa shape index (κ2) is 1.95. The van der Waals surface area contributed by atoms with Crippen molar-refractivity contribution in [2.45, 2.75) is 12.2 Å². The summed E-state index contributed by atoms with van der Waals surface area (Å²) >= 11 is 0. The Bertz CT molecular complexity index is 312. The summed E-state index contributed by atoms with van der Waals surface area (Å²) in [6.07, 6.45) is -0.0485. The number of epoxide rings is 1. The van der Waals surface area contributed by atoms with Crippen molar-refractivity contribution in [2.75, 3.05) is 14.1 Å². The third kappa shape index (κ3) is 0.746. The number of nitrogens with zero attached hydrogens (tertiary/aromatic N) is 1. The molecule has 2 saturated carbocycles. The Morgan fingerprint density at radius 3 is 2.62 bits per heavy atom. The smallest absolute Gasteiger partial charge is 0.226 e. The maximum absolute atomic E-state index is 11.5. The molecule has 0 bridgehead atoms. The molecule has 0 aromatic heterocycles. The molecule has 3 rings (SSSR count). The maximum Gasteiger partial charge on any atom is 0.226 e. The van der Waals surface area contributed by atoms with E-state index in [-0.39, 0.29) is 41.7 Å². The van der Waals surface area contributed by atoms with Gasteiger partial charge in [0.15, 0.2) is 5.78 Å². The Morgan fingerprint density at radius 2 is 2.15 bits per heavy atom. The molecular weight excluding hydrogens is 170 g/mol. The highest BCUT2D eigenvalue weighted by molar-refractivity contribution is 6.01. The second-order valence-corrected chi connectivity index (χ2v) is 4.29. The van der Waals surface area contributed by atoms with Crippen molar-refractivity contribution in [1.29, 1.82) is 0 Å². The average Bonchev–Trinajstić information content (AvgIpc) is 2.94. The van der Waals surface area contributed by atoms with E-state index in [4.69, 9.17) is 4.74 Å². The first-order chi connectivity index (χ1) is 6.13. The number of ketones is 1. The summed E-state index contributed by atoms with van der Waals surface area (Å²) in [5.74, 6) is 0.393. The van der Waals surface area contributed by atoms with Gasteiger partial charge in [0.25, 0.3) is 0 Å². The quantitative estimate of drug-likeness (QED) is 0.502. The van der Waals surface area contributed by atoms with Crippen molar-refractivity contribution in [3.8, 4) is 0 Å². The molecule has 0 unspecified atom stereocenters. The van der Waals surface area contributed by atoms with Crippen molar-refractivity contribution in [2.24, 2.45) is 17.8 Å². The highest BCUT2D eigenvalue weighted by Gasteiger charge is 2.77. The molecule has 0 aromatic rings. The lowest BCUT2D eigenvalue weighted by atomic mass is 10.1. The molecule has 0 spiro atoms. The zero-order chi connectivity index (χ0) is 9.33. The van der Waals surface area contributed by atoms with Crippen molar-refractivity contribution < 1.29 is 14.3 Å². The average molecular weight is 181 g/mol. The Labute approximate surface area is 75.8 Å². The SMILES string of the molecule is CN(C)C(=O)[C@@H]1[C@H]2C(=O)[C@@H]3O[C@@H]3[C@H]21. The van der Waals surface area contributed by atoms with Gasteiger partial charge in [0.2, 0.25) is 5.91 Å². The molecule has 1 aliphatic heterocycles. The lowest BCUT2D eigenvalue weighted by molar-refractivity contribution is -0.132. The van der Waals surface area contributed by atoms with E-state index in [1.54, 1.807) is 19.0 Å². The van der Waals surface area contributed by atoms with Gasteiger partial charge in [0.1, 0.15) is 6.10 Å². The zero-order valence-corrected chi connectivity index (χ0v) is 7.56. The minimum atomic E-state index is -0.138. The van der Waals surface area contributed by atoms with E-state index >= 15 is 0 Å². The van der Waals surface area contributed by atoms with Crippen LogP contribution in [0.5, 0.6) is 0 Å². The molecule has 13 heavy (non-hydrogen) atoms. The number of amides is 1. The first kappa shape index (κ1) is 7.50. The minimum Gasteiger partial charge on any atom is -0.361 e. The number of Topliss-reactive ketones (excluding diaryl/α,β-unsaturated/α-hetero) is 1. The van der Waals surface area contributed by atoms with Gasteiger partial charge in [-0.05, 0) is 0 Å². The molecule has 2 aliphatic carbocycles. The fraction of sp³-hybridized carbons (Fsp3) is 0.778. The van der Waals surface area contributed by atoms with Crippen LogP contribution >= 0.6 is 0 Å². The monoisotopic (exact) mass is 181 g/mol. The molecule has 1 amide bonds. The first-order valence-electron chi connectivity index (χ1n) is 4.53. The van der Waals surface area contributed by atoms with Crippen LogP contribution in [0.4, 0.5) is 0 Å². The number of ether oxygens (including phenoxy) is 1. The highest BCUT2D eigenvalue weighted by atomic mass is 16.6. The number of fused-ring (bicyclic) bond motifs is 3. The van der Waals surface area contributed by atoms with Gasteiger partial charge in [-0.1, -0.05) is 0 Å². The minimum absolute atomic E-state index is 0.00125. The largest absolute Gasteiger partial charge is 0.361 e. The van der Waals surface area contributed by atoms with Gasteiger partial charge in [-0.3, -0.25) is 9.59 Å². The molecule has 0 radical (unpaired) electrons. The van der Waals surface area contributed by atoms with E-state index < -0.39 is 0 Å². The molecule has 1 saturated heterocycles. The summed E-state index contributed by atoms with van der Waals surface area (Å²) in [6.45, 7) is 0. The number of hydrogen-bond acceptors (Lipinski definition) is 3. The lowest BCUT2D eigenvalue weighted by Crippen LogP contribution is -2.27. The molecular formula is C9H11NO3. The van der Waals surface area contributed by atoms with Crippen molar-refractivity contribution >= 4 is 11.7 Å². The summed E-state index contributed by atoms with van der Waals surface area (Å²) in [4.78, 5) is 24.5. The summed E-state index contributed by atoms with van der Waals surface area (Å²) in [7, 11) is 3.46. The molecule has 4 nitrogen and oxygen atoms in total. The lowest BCUT2D eigenvalue weighted by Gasteiger charge is -2.09. The van der Waals surface area contributed by atoms with E-state index in [0.717, 1.165) is 0 Å². The van der Waals surface area contributed by atoms with Crippen LogP contribution in [-0.4, -0.2) is 42.9 Å². The van der Waals surface area contributed by atoms with Crippen molar-refractivity contribution in [3.63, 3.8) is 0 Å². The Kier molecular flexibility index (Phi) is 1.12. The van der Waals surface area contributed by atoms with Gasteiger partial charge in [-0.15, -0.1) is 0 Å². The molecule has 0 N–H and O–H groups in total.